The number of carbonyl (C=O) groups excluding carboxylic acids is 2. The molecule has 0 radical (unpaired) electrons. The summed E-state index contributed by atoms with van der Waals surface area (Å²) in [5.74, 6) is 0.526. The summed E-state index contributed by atoms with van der Waals surface area (Å²) >= 11 is 0. The summed E-state index contributed by atoms with van der Waals surface area (Å²) in [6.45, 7) is 2.36. The van der Waals surface area contributed by atoms with E-state index < -0.39 is 0 Å². The minimum absolute atomic E-state index is 0.00588. The van der Waals surface area contributed by atoms with E-state index in [-0.39, 0.29) is 43.1 Å². The first-order valence-corrected chi connectivity index (χ1v) is 11.8. The second-order valence-electron chi connectivity index (χ2n) is 9.17. The lowest BCUT2D eigenvalue weighted by atomic mass is 9.73. The van der Waals surface area contributed by atoms with Crippen LogP contribution in [0.3, 0.4) is 0 Å². The van der Waals surface area contributed by atoms with Crippen LogP contribution in [-0.4, -0.2) is 65.7 Å². The molecule has 3 aromatic carbocycles. The van der Waals surface area contributed by atoms with Crippen molar-refractivity contribution in [1.82, 2.24) is 9.80 Å². The average Bonchev–Trinajstić information content (AvgIpc) is 2.86. The molecule has 0 spiro atoms. The molecule has 0 bridgehead atoms. The highest BCUT2D eigenvalue weighted by molar-refractivity contribution is 5.93. The fourth-order valence-electron chi connectivity index (χ4n) is 5.17. The van der Waals surface area contributed by atoms with E-state index in [0.717, 1.165) is 16.7 Å². The third kappa shape index (κ3) is 4.35. The van der Waals surface area contributed by atoms with Crippen LogP contribution in [0, 0.1) is 6.92 Å². The van der Waals surface area contributed by atoms with Crippen molar-refractivity contribution in [2.24, 2.45) is 0 Å². The second-order valence-corrected chi connectivity index (χ2v) is 9.17. The molecule has 35 heavy (non-hydrogen) atoms. The third-order valence-corrected chi connectivity index (χ3v) is 7.06. The van der Waals surface area contributed by atoms with Crippen LogP contribution in [0.1, 0.15) is 17.0 Å². The number of amides is 3. The molecule has 3 aromatic rings. The Morgan fingerprint density at radius 1 is 1.00 bits per heavy atom. The van der Waals surface area contributed by atoms with Crippen LogP contribution >= 0.6 is 0 Å². The first-order valence-electron chi connectivity index (χ1n) is 11.8. The van der Waals surface area contributed by atoms with E-state index in [1.807, 2.05) is 0 Å². The summed E-state index contributed by atoms with van der Waals surface area (Å²) in [6, 6.07) is 23.0. The van der Waals surface area contributed by atoms with Gasteiger partial charge in [0.1, 0.15) is 12.3 Å². The Morgan fingerprint density at radius 3 is 2.23 bits per heavy atom. The van der Waals surface area contributed by atoms with E-state index in [1.165, 1.54) is 5.56 Å². The van der Waals surface area contributed by atoms with Gasteiger partial charge in [-0.05, 0) is 47.9 Å². The summed E-state index contributed by atoms with van der Waals surface area (Å²) in [5, 5.41) is 12.9. The fraction of sp³-hybridized carbons (Fsp3) is 0.286. The first-order chi connectivity index (χ1) is 17.0. The van der Waals surface area contributed by atoms with E-state index in [9.17, 15) is 14.7 Å². The maximum absolute atomic E-state index is 12.9. The number of hydrogen-bond donors (Lipinski definition) is 2. The van der Waals surface area contributed by atoms with Crippen LogP contribution in [0.4, 0.5) is 10.5 Å². The van der Waals surface area contributed by atoms with Crippen molar-refractivity contribution in [2.75, 3.05) is 32.1 Å². The molecule has 2 saturated heterocycles. The molecular weight excluding hydrogens is 442 g/mol. The molecule has 2 N–H and O–H groups in total. The van der Waals surface area contributed by atoms with Gasteiger partial charge in [-0.2, -0.15) is 0 Å². The SMILES string of the molecule is COc1ccc(NC(=O)N2CC(=O)N3[C@H](CO)[C@H](c4ccc(-c5ccc(C)cc5)cc4)[C@@H]3C2)cc1. The molecule has 2 fully saturated rings. The van der Waals surface area contributed by atoms with Gasteiger partial charge in [0, 0.05) is 18.2 Å². The number of nitrogens with zero attached hydrogens (tertiary/aromatic N) is 2. The summed E-state index contributed by atoms with van der Waals surface area (Å²) in [4.78, 5) is 29.1. The van der Waals surface area contributed by atoms with Gasteiger partial charge in [0.25, 0.3) is 0 Å². The number of rotatable bonds is 5. The van der Waals surface area contributed by atoms with E-state index in [4.69, 9.17) is 4.74 Å². The Balaban J connectivity index is 1.32. The van der Waals surface area contributed by atoms with Crippen molar-refractivity contribution >= 4 is 17.6 Å². The van der Waals surface area contributed by atoms with Crippen LogP contribution in [-0.2, 0) is 4.79 Å². The molecule has 2 aliphatic rings. The Hall–Kier alpha value is -3.84. The summed E-state index contributed by atoms with van der Waals surface area (Å²) in [5.41, 5.74) is 5.17. The largest absolute Gasteiger partial charge is 0.497 e. The number of urea groups is 1. The van der Waals surface area contributed by atoms with Crippen molar-refractivity contribution < 1.29 is 19.4 Å². The number of nitrogens with one attached hydrogen (secondary N) is 1. The zero-order valence-corrected chi connectivity index (χ0v) is 19.8. The maximum Gasteiger partial charge on any atom is 0.322 e. The zero-order chi connectivity index (χ0) is 24.5. The van der Waals surface area contributed by atoms with Gasteiger partial charge >= 0.3 is 6.03 Å². The van der Waals surface area contributed by atoms with Crippen molar-refractivity contribution in [3.63, 3.8) is 0 Å². The maximum atomic E-state index is 12.9. The molecule has 3 atom stereocenters. The van der Waals surface area contributed by atoms with Gasteiger partial charge in [-0.1, -0.05) is 54.1 Å². The second kappa shape index (κ2) is 9.43. The number of methoxy groups -OCH3 is 1. The summed E-state index contributed by atoms with van der Waals surface area (Å²) in [6.07, 6.45) is 0. The molecule has 0 aromatic heterocycles. The van der Waals surface area contributed by atoms with Gasteiger partial charge < -0.3 is 25.0 Å². The molecular formula is C28H29N3O4. The van der Waals surface area contributed by atoms with Gasteiger partial charge in [-0.15, -0.1) is 0 Å². The number of aryl methyl sites for hydroxylation is 1. The third-order valence-electron chi connectivity index (χ3n) is 7.06. The lowest BCUT2D eigenvalue weighted by Crippen LogP contribution is -2.73. The molecule has 7 heteroatoms. The molecule has 0 unspecified atom stereocenters. The van der Waals surface area contributed by atoms with E-state index in [2.05, 4.69) is 60.8 Å². The molecule has 7 nitrogen and oxygen atoms in total. The van der Waals surface area contributed by atoms with Crippen molar-refractivity contribution in [3.8, 4) is 16.9 Å². The molecule has 180 valence electrons. The van der Waals surface area contributed by atoms with E-state index in [1.54, 1.807) is 41.2 Å². The standard InChI is InChI=1S/C28H29N3O4/c1-18-3-5-19(6-4-18)20-7-9-21(10-8-20)27-24-15-30(16-26(33)31(24)25(27)17-32)28(34)29-22-11-13-23(35-2)14-12-22/h3-14,24-25,27,32H,15-17H2,1-2H3,(H,29,34)/t24-,25+,27+/m0/s1. The number of piperazine rings is 1. The smallest absolute Gasteiger partial charge is 0.322 e. The number of aliphatic hydroxyl groups is 1. The van der Waals surface area contributed by atoms with Gasteiger partial charge in [-0.25, -0.2) is 4.79 Å². The van der Waals surface area contributed by atoms with Crippen molar-refractivity contribution in [1.29, 1.82) is 0 Å². The summed E-state index contributed by atoms with van der Waals surface area (Å²) < 4.78 is 5.16. The Morgan fingerprint density at radius 2 is 1.63 bits per heavy atom. The van der Waals surface area contributed by atoms with Crippen LogP contribution in [0.2, 0.25) is 0 Å². The van der Waals surface area contributed by atoms with Gasteiger partial charge in [0.05, 0.1) is 25.8 Å². The van der Waals surface area contributed by atoms with Crippen molar-refractivity contribution in [3.05, 3.63) is 83.9 Å². The zero-order valence-electron chi connectivity index (χ0n) is 19.8. The molecule has 0 aliphatic carbocycles. The highest BCUT2D eigenvalue weighted by atomic mass is 16.5. The number of anilines is 1. The predicted octanol–water partition coefficient (Wildman–Crippen LogP) is 3.87. The first kappa shape index (κ1) is 22.9. The number of carbonyl (C=O) groups is 2. The molecule has 2 heterocycles. The van der Waals surface area contributed by atoms with Crippen LogP contribution in [0.5, 0.6) is 5.75 Å². The molecule has 5 rings (SSSR count). The highest BCUT2D eigenvalue weighted by Crippen LogP contribution is 2.43. The molecule has 0 saturated carbocycles. The van der Waals surface area contributed by atoms with E-state index >= 15 is 0 Å². The minimum Gasteiger partial charge on any atom is -0.497 e. The van der Waals surface area contributed by atoms with Crippen LogP contribution in [0.15, 0.2) is 72.8 Å². The molecule has 3 amide bonds. The lowest BCUT2D eigenvalue weighted by Gasteiger charge is -2.58. The average molecular weight is 472 g/mol. The Kier molecular flexibility index (Phi) is 6.17. The summed E-state index contributed by atoms with van der Waals surface area (Å²) in [7, 11) is 1.59. The number of hydrogen-bond acceptors (Lipinski definition) is 4. The molecule has 2 aliphatic heterocycles. The fourth-order valence-corrected chi connectivity index (χ4v) is 5.17. The van der Waals surface area contributed by atoms with Crippen molar-refractivity contribution in [2.45, 2.75) is 24.9 Å². The number of ether oxygens (including phenoxy) is 1. The van der Waals surface area contributed by atoms with Crippen LogP contribution in [0.25, 0.3) is 11.1 Å². The highest BCUT2D eigenvalue weighted by Gasteiger charge is 2.54. The van der Waals surface area contributed by atoms with Gasteiger partial charge in [-0.3, -0.25) is 4.79 Å². The van der Waals surface area contributed by atoms with E-state index in [0.29, 0.717) is 18.0 Å². The van der Waals surface area contributed by atoms with Gasteiger partial charge in [0.2, 0.25) is 5.91 Å². The number of aliphatic hydroxyl groups excluding tert-OH is 1. The minimum atomic E-state index is -0.316. The van der Waals surface area contributed by atoms with Crippen LogP contribution < -0.4 is 10.1 Å². The predicted molar refractivity (Wildman–Crippen MR) is 134 cm³/mol. The quantitative estimate of drug-likeness (QED) is 0.592. The Bertz CT molecular complexity index is 1210. The van der Waals surface area contributed by atoms with Gasteiger partial charge in [0.15, 0.2) is 0 Å². The number of fused-ring (bicyclic) bond motifs is 1. The number of benzene rings is 3. The Labute approximate surface area is 204 Å². The topological polar surface area (TPSA) is 82.1 Å². The lowest BCUT2D eigenvalue weighted by molar-refractivity contribution is -0.159. The normalized spacial score (nSPS) is 21.2. The monoisotopic (exact) mass is 471 g/mol.